The minimum absolute atomic E-state index is 0.255. The Kier molecular flexibility index (Phi) is 6.69. The molecule has 0 saturated heterocycles. The zero-order chi connectivity index (χ0) is 22.5. The topological polar surface area (TPSA) is 95.1 Å². The number of benzene rings is 2. The minimum atomic E-state index is -0.817. The summed E-state index contributed by atoms with van der Waals surface area (Å²) in [5.74, 6) is 1.00. The van der Waals surface area contributed by atoms with Crippen LogP contribution in [0.2, 0.25) is 0 Å². The molecule has 0 saturated carbocycles. The van der Waals surface area contributed by atoms with Crippen LogP contribution in [0.15, 0.2) is 48.0 Å². The summed E-state index contributed by atoms with van der Waals surface area (Å²) >= 11 is 0. The fourth-order valence-electron chi connectivity index (χ4n) is 3.42. The monoisotopic (exact) mass is 426 g/mol. The predicted molar refractivity (Wildman–Crippen MR) is 115 cm³/mol. The summed E-state index contributed by atoms with van der Waals surface area (Å²) < 4.78 is 21.7. The molecule has 8 heteroatoms. The maximum atomic E-state index is 13.2. The van der Waals surface area contributed by atoms with Crippen LogP contribution in [0.5, 0.6) is 17.2 Å². The van der Waals surface area contributed by atoms with Crippen molar-refractivity contribution in [3.8, 4) is 17.2 Å². The lowest BCUT2D eigenvalue weighted by molar-refractivity contribution is -0.143. The van der Waals surface area contributed by atoms with Crippen molar-refractivity contribution in [2.75, 3.05) is 21.3 Å². The second kappa shape index (κ2) is 9.42. The van der Waals surface area contributed by atoms with Crippen LogP contribution in [0.25, 0.3) is 5.70 Å². The van der Waals surface area contributed by atoms with Gasteiger partial charge in [-0.2, -0.15) is 0 Å². The SMILES string of the molecule is COc1ccc(C2=C(C(=O)OC(C)C)C(c3cccc(OC)c3OC)NC(=O)N2)cc1. The number of carbonyl (C=O) groups is 2. The number of para-hydroxylation sites is 1. The predicted octanol–water partition coefficient (Wildman–Crippen LogP) is 3.43. The van der Waals surface area contributed by atoms with E-state index >= 15 is 0 Å². The van der Waals surface area contributed by atoms with Crippen LogP contribution < -0.4 is 24.8 Å². The molecule has 0 radical (unpaired) electrons. The Morgan fingerprint density at radius 2 is 1.68 bits per heavy atom. The summed E-state index contributed by atoms with van der Waals surface area (Å²) in [4.78, 5) is 25.8. The van der Waals surface area contributed by atoms with Gasteiger partial charge in [0.1, 0.15) is 5.75 Å². The minimum Gasteiger partial charge on any atom is -0.497 e. The molecule has 2 aromatic carbocycles. The highest BCUT2D eigenvalue weighted by Gasteiger charge is 2.36. The van der Waals surface area contributed by atoms with Gasteiger partial charge in [-0.15, -0.1) is 0 Å². The summed E-state index contributed by atoms with van der Waals surface area (Å²) in [6.45, 7) is 3.53. The van der Waals surface area contributed by atoms with Crippen molar-refractivity contribution in [1.82, 2.24) is 10.6 Å². The first-order valence-corrected chi connectivity index (χ1v) is 9.77. The maximum absolute atomic E-state index is 13.2. The molecule has 0 aliphatic carbocycles. The van der Waals surface area contributed by atoms with Crippen LogP contribution >= 0.6 is 0 Å². The molecule has 2 amide bonds. The van der Waals surface area contributed by atoms with Gasteiger partial charge >= 0.3 is 12.0 Å². The summed E-state index contributed by atoms with van der Waals surface area (Å²) in [5.41, 5.74) is 1.81. The van der Waals surface area contributed by atoms with Gasteiger partial charge in [-0.05, 0) is 49.7 Å². The van der Waals surface area contributed by atoms with Crippen LogP contribution in [0.4, 0.5) is 4.79 Å². The molecule has 0 spiro atoms. The Bertz CT molecular complexity index is 998. The lowest BCUT2D eigenvalue weighted by Crippen LogP contribution is -2.45. The number of methoxy groups -OCH3 is 3. The fourth-order valence-corrected chi connectivity index (χ4v) is 3.42. The first-order chi connectivity index (χ1) is 14.9. The second-order valence-electron chi connectivity index (χ2n) is 7.09. The zero-order valence-corrected chi connectivity index (χ0v) is 18.1. The average molecular weight is 426 g/mol. The van der Waals surface area contributed by atoms with E-state index < -0.39 is 18.0 Å². The zero-order valence-electron chi connectivity index (χ0n) is 18.1. The van der Waals surface area contributed by atoms with Gasteiger partial charge < -0.3 is 29.6 Å². The molecule has 1 unspecified atom stereocenters. The molecular weight excluding hydrogens is 400 g/mol. The van der Waals surface area contributed by atoms with Crippen molar-refractivity contribution < 1.29 is 28.5 Å². The summed E-state index contributed by atoms with van der Waals surface area (Å²) in [6, 6.07) is 11.0. The van der Waals surface area contributed by atoms with E-state index in [2.05, 4.69) is 10.6 Å². The molecule has 1 aliphatic rings. The van der Waals surface area contributed by atoms with Gasteiger partial charge in [0.05, 0.1) is 44.7 Å². The average Bonchev–Trinajstić information content (AvgIpc) is 2.77. The molecule has 164 valence electrons. The van der Waals surface area contributed by atoms with E-state index in [1.165, 1.54) is 14.2 Å². The van der Waals surface area contributed by atoms with Crippen LogP contribution in [-0.4, -0.2) is 39.4 Å². The first kappa shape index (κ1) is 22.0. The third kappa shape index (κ3) is 4.58. The number of urea groups is 1. The third-order valence-corrected chi connectivity index (χ3v) is 4.76. The Morgan fingerprint density at radius 3 is 2.26 bits per heavy atom. The quantitative estimate of drug-likeness (QED) is 0.659. The molecule has 2 N–H and O–H groups in total. The molecule has 0 fully saturated rings. The molecule has 3 rings (SSSR count). The number of rotatable bonds is 7. The summed E-state index contributed by atoms with van der Waals surface area (Å²) in [7, 11) is 4.59. The fraction of sp³-hybridized carbons (Fsp3) is 0.304. The van der Waals surface area contributed by atoms with Crippen LogP contribution in [0, 0.1) is 0 Å². The van der Waals surface area contributed by atoms with E-state index in [0.29, 0.717) is 34.1 Å². The van der Waals surface area contributed by atoms with Crippen molar-refractivity contribution in [1.29, 1.82) is 0 Å². The molecule has 1 atom stereocenters. The first-order valence-electron chi connectivity index (χ1n) is 9.77. The van der Waals surface area contributed by atoms with E-state index in [-0.39, 0.29) is 11.7 Å². The maximum Gasteiger partial charge on any atom is 0.338 e. The third-order valence-electron chi connectivity index (χ3n) is 4.76. The molecule has 0 bridgehead atoms. The van der Waals surface area contributed by atoms with Gasteiger partial charge in [0.2, 0.25) is 0 Å². The normalized spacial score (nSPS) is 15.8. The van der Waals surface area contributed by atoms with Gasteiger partial charge in [0, 0.05) is 5.56 Å². The van der Waals surface area contributed by atoms with E-state index in [1.807, 2.05) is 0 Å². The lowest BCUT2D eigenvalue weighted by atomic mass is 9.91. The Balaban J connectivity index is 2.23. The van der Waals surface area contributed by atoms with Crippen LogP contribution in [0.3, 0.4) is 0 Å². The standard InChI is InChI=1S/C23H26N2O6/c1-13(2)31-22(26)18-19(14-9-11-15(28-3)12-10-14)24-23(27)25-20(18)16-7-6-8-17(29-4)21(16)30-5/h6-13,20H,1-5H3,(H2,24,25,27). The highest BCUT2D eigenvalue weighted by Crippen LogP contribution is 2.40. The van der Waals surface area contributed by atoms with Gasteiger partial charge in [0.15, 0.2) is 11.5 Å². The van der Waals surface area contributed by atoms with Gasteiger partial charge in [-0.1, -0.05) is 12.1 Å². The van der Waals surface area contributed by atoms with Gasteiger partial charge in [-0.25, -0.2) is 9.59 Å². The number of hydrogen-bond donors (Lipinski definition) is 2. The molecule has 31 heavy (non-hydrogen) atoms. The van der Waals surface area contributed by atoms with Crippen molar-refractivity contribution in [3.05, 3.63) is 59.2 Å². The number of carbonyl (C=O) groups excluding carboxylic acids is 2. The van der Waals surface area contributed by atoms with Crippen molar-refractivity contribution in [2.24, 2.45) is 0 Å². The lowest BCUT2D eigenvalue weighted by Gasteiger charge is -2.31. The number of nitrogens with one attached hydrogen (secondary N) is 2. The van der Waals surface area contributed by atoms with Gasteiger partial charge in [0.25, 0.3) is 0 Å². The molecule has 2 aromatic rings. The highest BCUT2D eigenvalue weighted by atomic mass is 16.5. The second-order valence-corrected chi connectivity index (χ2v) is 7.09. The molecular formula is C23H26N2O6. The van der Waals surface area contributed by atoms with Crippen molar-refractivity contribution >= 4 is 17.7 Å². The molecule has 0 aromatic heterocycles. The summed E-state index contributed by atoms with van der Waals surface area (Å²) in [5, 5.41) is 5.57. The van der Waals surface area contributed by atoms with E-state index in [1.54, 1.807) is 63.4 Å². The molecule has 8 nitrogen and oxygen atoms in total. The Labute approximate surface area is 181 Å². The number of ether oxygens (including phenoxy) is 4. The van der Waals surface area contributed by atoms with Crippen LogP contribution in [0.1, 0.15) is 31.0 Å². The van der Waals surface area contributed by atoms with E-state index in [4.69, 9.17) is 18.9 Å². The Morgan fingerprint density at radius 1 is 0.968 bits per heavy atom. The van der Waals surface area contributed by atoms with E-state index in [0.717, 1.165) is 0 Å². The molecule has 1 aliphatic heterocycles. The van der Waals surface area contributed by atoms with Crippen LogP contribution in [-0.2, 0) is 9.53 Å². The smallest absolute Gasteiger partial charge is 0.338 e. The number of hydrogen-bond acceptors (Lipinski definition) is 6. The van der Waals surface area contributed by atoms with Gasteiger partial charge in [-0.3, -0.25) is 0 Å². The Hall–Kier alpha value is -3.68. The van der Waals surface area contributed by atoms with Crippen molar-refractivity contribution in [3.63, 3.8) is 0 Å². The van der Waals surface area contributed by atoms with E-state index in [9.17, 15) is 9.59 Å². The molecule has 1 heterocycles. The number of esters is 1. The van der Waals surface area contributed by atoms with Crippen molar-refractivity contribution in [2.45, 2.75) is 26.0 Å². The number of amides is 2. The highest BCUT2D eigenvalue weighted by molar-refractivity contribution is 6.04. The largest absolute Gasteiger partial charge is 0.497 e. The summed E-state index contributed by atoms with van der Waals surface area (Å²) in [6.07, 6.45) is -0.345.